The second kappa shape index (κ2) is 2.38. The quantitative estimate of drug-likeness (QED) is 0.418. The van der Waals surface area contributed by atoms with Crippen LogP contribution in [0.5, 0.6) is 0 Å². The summed E-state index contributed by atoms with van der Waals surface area (Å²) in [4.78, 5) is 21.8. The molecule has 5 heteroatoms. The number of ether oxygens (including phenoxy) is 3. The number of carbonyl (C=O) groups excluding carboxylic acids is 2. The molecule has 0 saturated heterocycles. The minimum atomic E-state index is -1.22. The number of rotatable bonds is 0. The van der Waals surface area contributed by atoms with Gasteiger partial charge >= 0.3 is 11.9 Å². The SMILES string of the molecule is O=C1C=CC2(C=CC3(C=CC(=O)O3)O2)O1. The van der Waals surface area contributed by atoms with Gasteiger partial charge in [-0.3, -0.25) is 4.74 Å². The van der Waals surface area contributed by atoms with Gasteiger partial charge in [0.1, 0.15) is 0 Å². The maximum atomic E-state index is 10.9. The molecule has 3 heterocycles. The van der Waals surface area contributed by atoms with E-state index in [-0.39, 0.29) is 0 Å². The van der Waals surface area contributed by atoms with Gasteiger partial charge in [0.2, 0.25) is 0 Å². The van der Waals surface area contributed by atoms with Crippen molar-refractivity contribution in [2.24, 2.45) is 0 Å². The highest BCUT2D eigenvalue weighted by molar-refractivity contribution is 5.86. The Labute approximate surface area is 84.6 Å². The van der Waals surface area contributed by atoms with Gasteiger partial charge in [0, 0.05) is 12.2 Å². The molecule has 0 N–H and O–H groups in total. The van der Waals surface area contributed by atoms with Crippen LogP contribution in [0.3, 0.4) is 0 Å². The van der Waals surface area contributed by atoms with E-state index in [9.17, 15) is 9.59 Å². The van der Waals surface area contributed by atoms with Crippen molar-refractivity contribution in [1.29, 1.82) is 0 Å². The lowest BCUT2D eigenvalue weighted by Gasteiger charge is -2.25. The van der Waals surface area contributed by atoms with Gasteiger partial charge in [-0.05, 0) is 24.3 Å². The Kier molecular flexibility index (Phi) is 1.33. The van der Waals surface area contributed by atoms with Crippen LogP contribution in [0.2, 0.25) is 0 Å². The molecule has 0 radical (unpaired) electrons. The van der Waals surface area contributed by atoms with Crippen LogP contribution in [0.15, 0.2) is 36.5 Å². The first-order valence-corrected chi connectivity index (χ1v) is 4.37. The smallest absolute Gasteiger partial charge is 0.333 e. The Morgan fingerprint density at radius 1 is 0.800 bits per heavy atom. The number of esters is 2. The van der Waals surface area contributed by atoms with Crippen LogP contribution in [-0.4, -0.2) is 23.5 Å². The van der Waals surface area contributed by atoms with Gasteiger partial charge in [-0.2, -0.15) is 0 Å². The second-order valence-electron chi connectivity index (χ2n) is 3.39. The lowest BCUT2D eigenvalue weighted by molar-refractivity contribution is -0.244. The maximum absolute atomic E-state index is 10.9. The fourth-order valence-electron chi connectivity index (χ4n) is 1.66. The molecular weight excluding hydrogens is 200 g/mol. The molecule has 0 amide bonds. The van der Waals surface area contributed by atoms with E-state index in [1.165, 1.54) is 36.5 Å². The Bertz CT molecular complexity index is 407. The van der Waals surface area contributed by atoms with Crippen molar-refractivity contribution < 1.29 is 23.8 Å². The number of hydrogen-bond acceptors (Lipinski definition) is 5. The predicted octanol–water partition coefficient (Wildman–Crippen LogP) is 0.191. The molecule has 0 aromatic rings. The van der Waals surface area contributed by atoms with Crippen molar-refractivity contribution in [3.63, 3.8) is 0 Å². The summed E-state index contributed by atoms with van der Waals surface area (Å²) >= 11 is 0. The molecule has 15 heavy (non-hydrogen) atoms. The first-order valence-electron chi connectivity index (χ1n) is 4.37. The molecule has 0 aromatic heterocycles. The third-order valence-electron chi connectivity index (χ3n) is 2.29. The minimum absolute atomic E-state index is 0.481. The molecule has 0 aromatic carbocycles. The summed E-state index contributed by atoms with van der Waals surface area (Å²) in [6.45, 7) is 0. The summed E-state index contributed by atoms with van der Waals surface area (Å²) in [5.41, 5.74) is 0. The molecule has 0 fully saturated rings. The zero-order chi connectivity index (χ0) is 10.5. The molecular formula is C10H6O5. The lowest BCUT2D eigenvalue weighted by atomic mass is 10.2. The van der Waals surface area contributed by atoms with E-state index in [1.807, 2.05) is 0 Å². The number of hydrogen-bond donors (Lipinski definition) is 0. The Balaban J connectivity index is 1.89. The normalized spacial score (nSPS) is 40.8. The molecule has 2 unspecified atom stereocenters. The monoisotopic (exact) mass is 206 g/mol. The summed E-state index contributed by atoms with van der Waals surface area (Å²) in [5.74, 6) is -3.40. The van der Waals surface area contributed by atoms with Crippen molar-refractivity contribution in [1.82, 2.24) is 0 Å². The van der Waals surface area contributed by atoms with Gasteiger partial charge in [-0.1, -0.05) is 0 Å². The third-order valence-corrected chi connectivity index (χ3v) is 2.29. The standard InChI is InChI=1S/C10H6O5/c11-7-1-3-9(13-7)5-6-10(15-9)4-2-8(12)14-10/h1-6H. The second-order valence-corrected chi connectivity index (χ2v) is 3.39. The molecule has 3 aliphatic heterocycles. The highest BCUT2D eigenvalue weighted by atomic mass is 16.8. The largest absolute Gasteiger partial charge is 0.422 e. The average Bonchev–Trinajstić information content (AvgIpc) is 2.81. The molecule has 2 spiro atoms. The zero-order valence-electron chi connectivity index (χ0n) is 7.51. The van der Waals surface area contributed by atoms with E-state index in [4.69, 9.17) is 14.2 Å². The molecule has 3 rings (SSSR count). The van der Waals surface area contributed by atoms with Crippen molar-refractivity contribution in [3.8, 4) is 0 Å². The molecule has 2 atom stereocenters. The maximum Gasteiger partial charge on any atom is 0.333 e. The van der Waals surface area contributed by atoms with Crippen LogP contribution >= 0.6 is 0 Å². The van der Waals surface area contributed by atoms with E-state index in [0.717, 1.165) is 0 Å². The third kappa shape index (κ3) is 1.13. The van der Waals surface area contributed by atoms with Crippen molar-refractivity contribution in [3.05, 3.63) is 36.5 Å². The predicted molar refractivity (Wildman–Crippen MR) is 46.2 cm³/mol. The van der Waals surface area contributed by atoms with Gasteiger partial charge in [0.15, 0.2) is 0 Å². The van der Waals surface area contributed by atoms with Gasteiger partial charge in [-0.15, -0.1) is 0 Å². The molecule has 0 aliphatic carbocycles. The van der Waals surface area contributed by atoms with E-state index >= 15 is 0 Å². The Hall–Kier alpha value is -1.88. The zero-order valence-corrected chi connectivity index (χ0v) is 7.51. The summed E-state index contributed by atoms with van der Waals surface area (Å²) < 4.78 is 15.3. The van der Waals surface area contributed by atoms with E-state index in [2.05, 4.69) is 0 Å². The summed E-state index contributed by atoms with van der Waals surface area (Å²) in [6, 6.07) is 0. The van der Waals surface area contributed by atoms with Crippen LogP contribution in [-0.2, 0) is 23.8 Å². The van der Waals surface area contributed by atoms with Crippen molar-refractivity contribution in [2.45, 2.75) is 11.6 Å². The van der Waals surface area contributed by atoms with Crippen LogP contribution in [0.1, 0.15) is 0 Å². The van der Waals surface area contributed by atoms with Gasteiger partial charge in [-0.25, -0.2) is 9.59 Å². The fraction of sp³-hybridized carbons (Fsp3) is 0.200. The van der Waals surface area contributed by atoms with Crippen LogP contribution in [0.25, 0.3) is 0 Å². The summed E-state index contributed by atoms with van der Waals surface area (Å²) in [6.07, 6.45) is 8.56. The lowest BCUT2D eigenvalue weighted by Crippen LogP contribution is -2.36. The van der Waals surface area contributed by atoms with Crippen molar-refractivity contribution in [2.75, 3.05) is 0 Å². The number of carbonyl (C=O) groups is 2. The van der Waals surface area contributed by atoms with E-state index < -0.39 is 23.5 Å². The highest BCUT2D eigenvalue weighted by Crippen LogP contribution is 2.39. The van der Waals surface area contributed by atoms with E-state index in [1.54, 1.807) is 0 Å². The molecule has 3 aliphatic rings. The average molecular weight is 206 g/mol. The highest BCUT2D eigenvalue weighted by Gasteiger charge is 2.50. The van der Waals surface area contributed by atoms with Crippen molar-refractivity contribution >= 4 is 11.9 Å². The topological polar surface area (TPSA) is 61.8 Å². The van der Waals surface area contributed by atoms with E-state index in [0.29, 0.717) is 0 Å². The summed E-state index contributed by atoms with van der Waals surface area (Å²) in [7, 11) is 0. The first kappa shape index (κ1) is 8.43. The van der Waals surface area contributed by atoms with Gasteiger partial charge in [0.05, 0.1) is 0 Å². The fourth-order valence-corrected chi connectivity index (χ4v) is 1.66. The summed E-state index contributed by atoms with van der Waals surface area (Å²) in [5, 5.41) is 0. The molecule has 5 nitrogen and oxygen atoms in total. The Morgan fingerprint density at radius 3 is 1.60 bits per heavy atom. The minimum Gasteiger partial charge on any atom is -0.422 e. The molecule has 76 valence electrons. The molecule has 0 bridgehead atoms. The van der Waals surface area contributed by atoms with Gasteiger partial charge in [0.25, 0.3) is 11.6 Å². The van der Waals surface area contributed by atoms with Crippen LogP contribution in [0, 0.1) is 0 Å². The Morgan fingerprint density at radius 2 is 1.27 bits per heavy atom. The van der Waals surface area contributed by atoms with Crippen LogP contribution < -0.4 is 0 Å². The van der Waals surface area contributed by atoms with Gasteiger partial charge < -0.3 is 9.47 Å². The first-order chi connectivity index (χ1) is 7.12. The molecule has 0 saturated carbocycles. The van der Waals surface area contributed by atoms with Crippen LogP contribution in [0.4, 0.5) is 0 Å².